The smallest absolute Gasteiger partial charge is 0.326 e. The Morgan fingerprint density at radius 2 is 1.94 bits per heavy atom. The quantitative estimate of drug-likeness (QED) is 0.796. The van der Waals surface area contributed by atoms with Crippen molar-refractivity contribution in [1.29, 1.82) is 0 Å². The van der Waals surface area contributed by atoms with Gasteiger partial charge in [-0.2, -0.15) is 8.42 Å². The van der Waals surface area contributed by atoms with Crippen LogP contribution in [0.3, 0.4) is 0 Å². The SMILES string of the molecule is CCCCc1ccc(NC=CS(=O)(=O)F)cc1. The first-order valence-electron chi connectivity index (χ1n) is 5.48. The van der Waals surface area contributed by atoms with E-state index in [0.29, 0.717) is 5.41 Å². The average Bonchev–Trinajstić information content (AvgIpc) is 2.26. The lowest BCUT2D eigenvalue weighted by Crippen LogP contribution is -1.91. The van der Waals surface area contributed by atoms with Crippen LogP contribution in [0.1, 0.15) is 25.3 Å². The highest BCUT2D eigenvalue weighted by molar-refractivity contribution is 7.89. The number of hydrogen-bond acceptors (Lipinski definition) is 3. The standard InChI is InChI=1S/C12H16FNO2S/c1-2-3-4-11-5-7-12(8-6-11)14-9-10-17(13,15)16/h5-10,14H,2-4H2,1H3. The maximum atomic E-state index is 12.1. The van der Waals surface area contributed by atoms with Gasteiger partial charge in [0.15, 0.2) is 0 Å². The topological polar surface area (TPSA) is 46.2 Å². The van der Waals surface area contributed by atoms with Crippen molar-refractivity contribution in [2.24, 2.45) is 0 Å². The van der Waals surface area contributed by atoms with E-state index in [4.69, 9.17) is 0 Å². The number of rotatable bonds is 6. The normalized spacial score (nSPS) is 11.9. The molecule has 0 aliphatic carbocycles. The highest BCUT2D eigenvalue weighted by atomic mass is 32.3. The molecule has 17 heavy (non-hydrogen) atoms. The molecule has 0 amide bonds. The predicted molar refractivity (Wildman–Crippen MR) is 67.8 cm³/mol. The van der Waals surface area contributed by atoms with E-state index >= 15 is 0 Å². The molecule has 5 heteroatoms. The molecule has 94 valence electrons. The van der Waals surface area contributed by atoms with Crippen LogP contribution in [-0.2, 0) is 16.6 Å². The summed E-state index contributed by atoms with van der Waals surface area (Å²) in [5, 5.41) is 3.17. The van der Waals surface area contributed by atoms with Crippen LogP contribution in [0.15, 0.2) is 35.9 Å². The molecule has 0 aromatic heterocycles. The predicted octanol–water partition coefficient (Wildman–Crippen LogP) is 3.21. The zero-order valence-corrected chi connectivity index (χ0v) is 10.5. The Bertz CT molecular complexity index is 466. The van der Waals surface area contributed by atoms with Gasteiger partial charge in [-0.3, -0.25) is 0 Å². The van der Waals surface area contributed by atoms with Crippen molar-refractivity contribution < 1.29 is 12.3 Å². The Hall–Kier alpha value is -1.36. The van der Waals surface area contributed by atoms with Crippen molar-refractivity contribution in [3.8, 4) is 0 Å². The fraction of sp³-hybridized carbons (Fsp3) is 0.333. The van der Waals surface area contributed by atoms with Gasteiger partial charge in [0.25, 0.3) is 0 Å². The van der Waals surface area contributed by atoms with E-state index < -0.39 is 10.2 Å². The lowest BCUT2D eigenvalue weighted by atomic mass is 10.1. The van der Waals surface area contributed by atoms with Gasteiger partial charge in [-0.15, -0.1) is 3.89 Å². The second-order valence-electron chi connectivity index (χ2n) is 3.72. The van der Waals surface area contributed by atoms with Gasteiger partial charge in [-0.05, 0) is 30.5 Å². The number of nitrogens with one attached hydrogen (secondary N) is 1. The molecule has 0 saturated heterocycles. The van der Waals surface area contributed by atoms with E-state index in [1.54, 1.807) is 0 Å². The van der Waals surface area contributed by atoms with E-state index in [1.807, 2.05) is 24.3 Å². The Balaban J connectivity index is 2.54. The Kier molecular flexibility index (Phi) is 5.15. The number of aryl methyl sites for hydroxylation is 1. The lowest BCUT2D eigenvalue weighted by molar-refractivity contribution is 0.563. The molecule has 0 fully saturated rings. The van der Waals surface area contributed by atoms with Gasteiger partial charge < -0.3 is 5.32 Å². The highest BCUT2D eigenvalue weighted by Gasteiger charge is 1.98. The molecule has 1 N–H and O–H groups in total. The minimum atomic E-state index is -4.56. The van der Waals surface area contributed by atoms with Crippen LogP contribution < -0.4 is 5.32 Å². The largest absolute Gasteiger partial charge is 0.361 e. The molecule has 0 heterocycles. The van der Waals surface area contributed by atoms with Crippen molar-refractivity contribution in [2.75, 3.05) is 5.32 Å². The number of hydrogen-bond donors (Lipinski definition) is 1. The lowest BCUT2D eigenvalue weighted by Gasteiger charge is -2.03. The first-order valence-corrected chi connectivity index (χ1v) is 6.92. The molecule has 0 radical (unpaired) electrons. The molecule has 1 rings (SSSR count). The zero-order valence-electron chi connectivity index (χ0n) is 9.69. The molecule has 1 aromatic carbocycles. The summed E-state index contributed by atoms with van der Waals surface area (Å²) >= 11 is 0. The summed E-state index contributed by atoms with van der Waals surface area (Å²) < 4.78 is 32.5. The van der Waals surface area contributed by atoms with Crippen molar-refractivity contribution in [2.45, 2.75) is 26.2 Å². The van der Waals surface area contributed by atoms with Gasteiger partial charge in [-0.25, -0.2) is 0 Å². The van der Waals surface area contributed by atoms with Crippen molar-refractivity contribution in [1.82, 2.24) is 0 Å². The molecule has 0 aliphatic heterocycles. The van der Waals surface area contributed by atoms with Gasteiger partial charge in [0, 0.05) is 11.9 Å². The summed E-state index contributed by atoms with van der Waals surface area (Å²) in [4.78, 5) is 0. The van der Waals surface area contributed by atoms with Crippen LogP contribution in [0, 0.1) is 0 Å². The van der Waals surface area contributed by atoms with Crippen molar-refractivity contribution in [3.63, 3.8) is 0 Å². The fourth-order valence-electron chi connectivity index (χ4n) is 1.36. The van der Waals surface area contributed by atoms with Gasteiger partial charge in [0.05, 0.1) is 5.41 Å². The molecular formula is C12H16FNO2S. The Morgan fingerprint density at radius 1 is 1.29 bits per heavy atom. The van der Waals surface area contributed by atoms with E-state index in [9.17, 15) is 12.3 Å². The summed E-state index contributed by atoms with van der Waals surface area (Å²) in [7, 11) is -4.56. The summed E-state index contributed by atoms with van der Waals surface area (Å²) in [6.45, 7) is 2.14. The number of halogens is 1. The highest BCUT2D eigenvalue weighted by Crippen LogP contribution is 2.11. The van der Waals surface area contributed by atoms with Gasteiger partial charge in [0.2, 0.25) is 0 Å². The summed E-state index contributed by atoms with van der Waals surface area (Å²) in [5.74, 6) is 0. The minimum Gasteiger partial charge on any atom is -0.361 e. The zero-order chi connectivity index (χ0) is 12.7. The summed E-state index contributed by atoms with van der Waals surface area (Å²) in [6.07, 6.45) is 4.39. The van der Waals surface area contributed by atoms with E-state index in [-0.39, 0.29) is 0 Å². The van der Waals surface area contributed by atoms with E-state index in [0.717, 1.165) is 31.1 Å². The first-order chi connectivity index (χ1) is 8.01. The molecule has 0 bridgehead atoms. The summed E-state index contributed by atoms with van der Waals surface area (Å²) in [5.41, 5.74) is 1.96. The van der Waals surface area contributed by atoms with Crippen LogP contribution in [0.4, 0.5) is 9.57 Å². The first kappa shape index (κ1) is 13.7. The van der Waals surface area contributed by atoms with Crippen LogP contribution in [0.25, 0.3) is 0 Å². The Labute approximate surface area is 102 Å². The molecule has 0 aliphatic rings. The summed E-state index contributed by atoms with van der Waals surface area (Å²) in [6, 6.07) is 7.60. The van der Waals surface area contributed by atoms with E-state index in [2.05, 4.69) is 12.2 Å². The molecule has 0 unspecified atom stereocenters. The number of anilines is 1. The van der Waals surface area contributed by atoms with Crippen LogP contribution >= 0.6 is 0 Å². The van der Waals surface area contributed by atoms with Crippen LogP contribution in [0.2, 0.25) is 0 Å². The third-order valence-electron chi connectivity index (χ3n) is 2.25. The molecular weight excluding hydrogens is 241 g/mol. The monoisotopic (exact) mass is 257 g/mol. The molecule has 3 nitrogen and oxygen atoms in total. The molecule has 0 atom stereocenters. The maximum Gasteiger partial charge on any atom is 0.326 e. The second-order valence-corrected chi connectivity index (χ2v) is 4.95. The molecule has 0 spiro atoms. The minimum absolute atomic E-state index is 0.484. The number of benzene rings is 1. The van der Waals surface area contributed by atoms with Gasteiger partial charge in [-0.1, -0.05) is 25.5 Å². The van der Waals surface area contributed by atoms with Crippen LogP contribution in [-0.4, -0.2) is 8.42 Å². The second kappa shape index (κ2) is 6.39. The third-order valence-corrected chi connectivity index (χ3v) is 2.71. The molecule has 1 aromatic rings. The fourth-order valence-corrected chi connectivity index (χ4v) is 1.59. The van der Waals surface area contributed by atoms with Gasteiger partial charge in [0.1, 0.15) is 0 Å². The average molecular weight is 257 g/mol. The maximum absolute atomic E-state index is 12.1. The van der Waals surface area contributed by atoms with Gasteiger partial charge >= 0.3 is 10.2 Å². The van der Waals surface area contributed by atoms with Crippen LogP contribution in [0.5, 0.6) is 0 Å². The van der Waals surface area contributed by atoms with E-state index in [1.165, 1.54) is 5.56 Å². The number of unbranched alkanes of at least 4 members (excludes halogenated alkanes) is 1. The van der Waals surface area contributed by atoms with Crippen molar-refractivity contribution >= 4 is 15.9 Å². The molecule has 0 saturated carbocycles. The van der Waals surface area contributed by atoms with Crippen molar-refractivity contribution in [3.05, 3.63) is 41.4 Å². The third kappa shape index (κ3) is 6.06. The Morgan fingerprint density at radius 3 is 2.47 bits per heavy atom.